The van der Waals surface area contributed by atoms with Crippen molar-refractivity contribution >= 4 is 39.7 Å². The van der Waals surface area contributed by atoms with Gasteiger partial charge in [-0.2, -0.15) is 0 Å². The van der Waals surface area contributed by atoms with E-state index in [1.165, 1.54) is 18.4 Å². The Balaban J connectivity index is 1.65. The van der Waals surface area contributed by atoms with Gasteiger partial charge in [0.05, 0.1) is 32.3 Å². The minimum absolute atomic E-state index is 0.221. The SMILES string of the molecule is COC(=O)c1ccc(/C=C/c2nc3scc(-c4ccc(OC)c(OC)c4)c3c(=O)[nH]2)cc1. The molecular formula is C24H20N2O5S. The number of esters is 1. The first-order valence-corrected chi connectivity index (χ1v) is 10.5. The molecule has 0 radical (unpaired) electrons. The first-order chi connectivity index (χ1) is 15.5. The van der Waals surface area contributed by atoms with Crippen LogP contribution in [0.5, 0.6) is 11.5 Å². The zero-order valence-corrected chi connectivity index (χ0v) is 18.5. The maximum atomic E-state index is 12.9. The molecule has 7 nitrogen and oxygen atoms in total. The molecule has 0 bridgehead atoms. The van der Waals surface area contributed by atoms with Crippen molar-refractivity contribution < 1.29 is 19.0 Å². The van der Waals surface area contributed by atoms with E-state index in [1.54, 1.807) is 44.6 Å². The van der Waals surface area contributed by atoms with Crippen molar-refractivity contribution in [2.24, 2.45) is 0 Å². The number of hydrogen-bond donors (Lipinski definition) is 1. The molecule has 4 aromatic rings. The monoisotopic (exact) mass is 448 g/mol. The van der Waals surface area contributed by atoms with Crippen LogP contribution in [0.4, 0.5) is 0 Å². The van der Waals surface area contributed by atoms with Gasteiger partial charge in [-0.25, -0.2) is 9.78 Å². The van der Waals surface area contributed by atoms with Crippen molar-refractivity contribution in [3.63, 3.8) is 0 Å². The van der Waals surface area contributed by atoms with Crippen LogP contribution in [0, 0.1) is 0 Å². The van der Waals surface area contributed by atoms with Crippen LogP contribution in [0.15, 0.2) is 52.6 Å². The van der Waals surface area contributed by atoms with Crippen LogP contribution in [-0.2, 0) is 4.74 Å². The smallest absolute Gasteiger partial charge is 0.337 e. The van der Waals surface area contributed by atoms with E-state index in [-0.39, 0.29) is 11.5 Å². The molecule has 0 atom stereocenters. The lowest BCUT2D eigenvalue weighted by Crippen LogP contribution is -2.09. The number of thiophene rings is 1. The summed E-state index contributed by atoms with van der Waals surface area (Å²) in [7, 11) is 4.49. The highest BCUT2D eigenvalue weighted by atomic mass is 32.1. The summed E-state index contributed by atoms with van der Waals surface area (Å²) < 4.78 is 15.4. The van der Waals surface area contributed by atoms with E-state index in [0.29, 0.717) is 33.1 Å². The third-order valence-electron chi connectivity index (χ3n) is 4.92. The van der Waals surface area contributed by atoms with Crippen LogP contribution in [0.3, 0.4) is 0 Å². The maximum absolute atomic E-state index is 12.9. The lowest BCUT2D eigenvalue weighted by atomic mass is 10.1. The largest absolute Gasteiger partial charge is 0.493 e. The van der Waals surface area contributed by atoms with Crippen LogP contribution in [0.25, 0.3) is 33.5 Å². The van der Waals surface area contributed by atoms with Gasteiger partial charge in [-0.15, -0.1) is 11.3 Å². The number of nitrogens with one attached hydrogen (secondary N) is 1. The highest BCUT2D eigenvalue weighted by molar-refractivity contribution is 7.17. The predicted molar refractivity (Wildman–Crippen MR) is 125 cm³/mol. The summed E-state index contributed by atoms with van der Waals surface area (Å²) in [6.07, 6.45) is 3.54. The third kappa shape index (κ3) is 4.13. The van der Waals surface area contributed by atoms with Crippen LogP contribution < -0.4 is 15.0 Å². The van der Waals surface area contributed by atoms with Gasteiger partial charge < -0.3 is 19.2 Å². The van der Waals surface area contributed by atoms with Crippen LogP contribution in [-0.4, -0.2) is 37.3 Å². The van der Waals surface area contributed by atoms with Gasteiger partial charge in [0.25, 0.3) is 5.56 Å². The van der Waals surface area contributed by atoms with Crippen molar-refractivity contribution in [2.45, 2.75) is 0 Å². The molecule has 2 aromatic heterocycles. The quantitative estimate of drug-likeness (QED) is 0.433. The molecule has 0 spiro atoms. The molecule has 0 aliphatic rings. The average Bonchev–Trinajstić information content (AvgIpc) is 3.26. The Morgan fingerprint density at radius 2 is 1.75 bits per heavy atom. The van der Waals surface area contributed by atoms with E-state index in [2.05, 4.69) is 9.97 Å². The van der Waals surface area contributed by atoms with Gasteiger partial charge in [-0.05, 0) is 41.5 Å². The Hall–Kier alpha value is -3.91. The summed E-state index contributed by atoms with van der Waals surface area (Å²) in [6, 6.07) is 12.5. The molecule has 4 rings (SSSR count). The zero-order chi connectivity index (χ0) is 22.7. The van der Waals surface area contributed by atoms with E-state index >= 15 is 0 Å². The minimum atomic E-state index is -0.389. The number of benzene rings is 2. The van der Waals surface area contributed by atoms with Crippen LogP contribution in [0.2, 0.25) is 0 Å². The molecule has 8 heteroatoms. The average molecular weight is 449 g/mol. The van der Waals surface area contributed by atoms with Gasteiger partial charge in [0.2, 0.25) is 0 Å². The molecular weight excluding hydrogens is 428 g/mol. The standard InChI is InChI=1S/C24H20N2O5S/c1-29-18-10-9-16(12-19(18)30-2)17-13-32-23-21(17)22(27)25-20(26-23)11-6-14-4-7-15(8-5-14)24(28)31-3/h4-13H,1-3H3,(H,25,26,27)/b11-6+. The lowest BCUT2D eigenvalue weighted by molar-refractivity contribution is 0.0600. The van der Waals surface area contributed by atoms with Crippen molar-refractivity contribution in [1.29, 1.82) is 0 Å². The molecule has 0 fully saturated rings. The Bertz CT molecular complexity index is 1370. The molecule has 162 valence electrons. The molecule has 0 saturated carbocycles. The van der Waals surface area contributed by atoms with E-state index in [0.717, 1.165) is 16.7 Å². The van der Waals surface area contributed by atoms with Crippen LogP contribution in [0.1, 0.15) is 21.7 Å². The van der Waals surface area contributed by atoms with E-state index in [9.17, 15) is 9.59 Å². The second kappa shape index (κ2) is 9.07. The lowest BCUT2D eigenvalue weighted by Gasteiger charge is -2.09. The van der Waals surface area contributed by atoms with Crippen molar-refractivity contribution in [3.05, 3.63) is 75.1 Å². The number of aromatic nitrogens is 2. The number of methoxy groups -OCH3 is 3. The first-order valence-electron chi connectivity index (χ1n) is 9.64. The van der Waals surface area contributed by atoms with E-state index in [1.807, 2.05) is 29.7 Å². The Morgan fingerprint density at radius 1 is 1.00 bits per heavy atom. The number of fused-ring (bicyclic) bond motifs is 1. The number of ether oxygens (including phenoxy) is 3. The van der Waals surface area contributed by atoms with Gasteiger partial charge >= 0.3 is 5.97 Å². The number of carbonyl (C=O) groups excluding carboxylic acids is 1. The van der Waals surface area contributed by atoms with Gasteiger partial charge in [-0.3, -0.25) is 4.79 Å². The maximum Gasteiger partial charge on any atom is 0.337 e. The summed E-state index contributed by atoms with van der Waals surface area (Å²) in [5, 5.41) is 2.44. The fourth-order valence-electron chi connectivity index (χ4n) is 3.28. The first kappa shape index (κ1) is 21.3. The van der Waals surface area contributed by atoms with Crippen molar-refractivity contribution in [2.75, 3.05) is 21.3 Å². The summed E-state index contributed by atoms with van der Waals surface area (Å²) in [5.41, 5.74) is 2.74. The topological polar surface area (TPSA) is 90.5 Å². The molecule has 0 amide bonds. The Kier molecular flexibility index (Phi) is 6.04. The van der Waals surface area contributed by atoms with Crippen LogP contribution >= 0.6 is 11.3 Å². The van der Waals surface area contributed by atoms with E-state index in [4.69, 9.17) is 14.2 Å². The van der Waals surface area contributed by atoms with Crippen molar-refractivity contribution in [3.8, 4) is 22.6 Å². The molecule has 0 aliphatic heterocycles. The van der Waals surface area contributed by atoms with Crippen molar-refractivity contribution in [1.82, 2.24) is 9.97 Å². The highest BCUT2D eigenvalue weighted by Gasteiger charge is 2.14. The normalized spacial score (nSPS) is 11.1. The summed E-state index contributed by atoms with van der Waals surface area (Å²) in [4.78, 5) is 32.4. The number of hydrogen-bond acceptors (Lipinski definition) is 7. The molecule has 32 heavy (non-hydrogen) atoms. The number of aromatic amines is 1. The second-order valence-electron chi connectivity index (χ2n) is 6.80. The number of rotatable bonds is 6. The van der Waals surface area contributed by atoms with Gasteiger partial charge in [0.1, 0.15) is 10.7 Å². The number of H-pyrrole nitrogens is 1. The third-order valence-corrected chi connectivity index (χ3v) is 5.79. The molecule has 0 saturated heterocycles. The second-order valence-corrected chi connectivity index (χ2v) is 7.66. The predicted octanol–water partition coefficient (Wildman–Crippen LogP) is 4.63. The Morgan fingerprint density at radius 3 is 2.44 bits per heavy atom. The van der Waals surface area contributed by atoms with Gasteiger partial charge in [0, 0.05) is 10.9 Å². The summed E-state index contributed by atoms with van der Waals surface area (Å²) in [6.45, 7) is 0. The van der Waals surface area contributed by atoms with E-state index < -0.39 is 0 Å². The summed E-state index contributed by atoms with van der Waals surface area (Å²) in [5.74, 6) is 1.27. The molecule has 2 heterocycles. The molecule has 0 unspecified atom stereocenters. The highest BCUT2D eigenvalue weighted by Crippen LogP contribution is 2.36. The van der Waals surface area contributed by atoms with Gasteiger partial charge in [0.15, 0.2) is 11.5 Å². The fourth-order valence-corrected chi connectivity index (χ4v) is 4.24. The fraction of sp³-hybridized carbons (Fsp3) is 0.125. The molecule has 0 aliphatic carbocycles. The number of carbonyl (C=O) groups is 1. The van der Waals surface area contributed by atoms with Gasteiger partial charge in [-0.1, -0.05) is 24.3 Å². The molecule has 1 N–H and O–H groups in total. The number of nitrogens with zero attached hydrogens (tertiary/aromatic N) is 1. The molecule has 2 aromatic carbocycles. The zero-order valence-electron chi connectivity index (χ0n) is 17.7. The Labute approximate surface area is 187 Å². The minimum Gasteiger partial charge on any atom is -0.493 e. The summed E-state index contributed by atoms with van der Waals surface area (Å²) >= 11 is 1.40.